The Kier molecular flexibility index (Phi) is 6.55. The van der Waals surface area contributed by atoms with Crippen LogP contribution < -0.4 is 5.32 Å². The van der Waals surface area contributed by atoms with E-state index in [1.54, 1.807) is 0 Å². The minimum absolute atomic E-state index is 0.232. The molecule has 5 nitrogen and oxygen atoms in total. The van der Waals surface area contributed by atoms with E-state index in [0.29, 0.717) is 6.54 Å². The van der Waals surface area contributed by atoms with Gasteiger partial charge in [-0.15, -0.1) is 0 Å². The summed E-state index contributed by atoms with van der Waals surface area (Å²) in [4.78, 5) is 4.76. The molecule has 1 rings (SSSR count). The Morgan fingerprint density at radius 2 is 1.83 bits per heavy atom. The van der Waals surface area contributed by atoms with Crippen LogP contribution in [0.2, 0.25) is 0 Å². The van der Waals surface area contributed by atoms with Gasteiger partial charge in [0.25, 0.3) is 0 Å². The minimum Gasteiger partial charge on any atom is -0.314 e. The second-order valence-electron chi connectivity index (χ2n) is 5.42. The quantitative estimate of drug-likeness (QED) is 0.645. The lowest BCUT2D eigenvalue weighted by molar-refractivity contribution is 0.146. The SMILES string of the molecule is CN(C)C1CCN(CCNCCS(C)(=O)=O)CC1. The predicted molar refractivity (Wildman–Crippen MR) is 75.7 cm³/mol. The maximum Gasteiger partial charge on any atom is 0.148 e. The van der Waals surface area contributed by atoms with Crippen LogP contribution in [0.4, 0.5) is 0 Å². The van der Waals surface area contributed by atoms with Crippen LogP contribution in [0, 0.1) is 0 Å². The number of nitrogens with one attached hydrogen (secondary N) is 1. The molecule has 18 heavy (non-hydrogen) atoms. The number of hydrogen-bond donors (Lipinski definition) is 1. The fourth-order valence-electron chi connectivity index (χ4n) is 2.28. The Balaban J connectivity index is 2.04. The Morgan fingerprint density at radius 1 is 1.22 bits per heavy atom. The fraction of sp³-hybridized carbons (Fsp3) is 1.00. The van der Waals surface area contributed by atoms with Crippen molar-refractivity contribution in [3.63, 3.8) is 0 Å². The molecular formula is C12H27N3O2S. The van der Waals surface area contributed by atoms with E-state index in [1.165, 1.54) is 19.1 Å². The van der Waals surface area contributed by atoms with E-state index in [2.05, 4.69) is 29.2 Å². The fourth-order valence-corrected chi connectivity index (χ4v) is 2.79. The first kappa shape index (κ1) is 15.9. The van der Waals surface area contributed by atoms with E-state index in [1.807, 2.05) is 0 Å². The van der Waals surface area contributed by atoms with E-state index in [4.69, 9.17) is 0 Å². The zero-order valence-corrected chi connectivity index (χ0v) is 12.7. The topological polar surface area (TPSA) is 52.6 Å². The zero-order chi connectivity index (χ0) is 13.6. The maximum atomic E-state index is 10.9. The Morgan fingerprint density at radius 3 is 2.33 bits per heavy atom. The summed E-state index contributed by atoms with van der Waals surface area (Å²) in [6.07, 6.45) is 3.74. The molecule has 0 aliphatic carbocycles. The van der Waals surface area contributed by atoms with Crippen LogP contribution in [0.25, 0.3) is 0 Å². The molecule has 1 N–H and O–H groups in total. The lowest BCUT2D eigenvalue weighted by Crippen LogP contribution is -2.44. The zero-order valence-electron chi connectivity index (χ0n) is 11.9. The van der Waals surface area contributed by atoms with Gasteiger partial charge < -0.3 is 15.1 Å². The highest BCUT2D eigenvalue weighted by Gasteiger charge is 2.19. The van der Waals surface area contributed by atoms with Gasteiger partial charge in [-0.3, -0.25) is 0 Å². The number of rotatable bonds is 7. The monoisotopic (exact) mass is 277 g/mol. The first-order valence-electron chi connectivity index (χ1n) is 6.66. The Labute approximate surface area is 111 Å². The predicted octanol–water partition coefficient (Wildman–Crippen LogP) is -0.353. The number of hydrogen-bond acceptors (Lipinski definition) is 5. The minimum atomic E-state index is -2.83. The summed E-state index contributed by atoms with van der Waals surface area (Å²) >= 11 is 0. The van der Waals surface area contributed by atoms with Gasteiger partial charge in [0.05, 0.1) is 5.75 Å². The van der Waals surface area contributed by atoms with Gasteiger partial charge in [-0.05, 0) is 40.0 Å². The third kappa shape index (κ3) is 6.68. The molecule has 1 aliphatic rings. The average Bonchev–Trinajstić information content (AvgIpc) is 2.27. The summed E-state index contributed by atoms with van der Waals surface area (Å²) in [7, 11) is 1.46. The van der Waals surface area contributed by atoms with Crippen LogP contribution in [-0.2, 0) is 9.84 Å². The molecule has 1 heterocycles. The summed E-state index contributed by atoms with van der Waals surface area (Å²) in [5, 5.41) is 3.19. The molecule has 0 amide bonds. The first-order valence-corrected chi connectivity index (χ1v) is 8.72. The van der Waals surface area contributed by atoms with Crippen molar-refractivity contribution in [1.29, 1.82) is 0 Å². The second kappa shape index (κ2) is 7.43. The number of nitrogens with zero attached hydrogens (tertiary/aromatic N) is 2. The summed E-state index contributed by atoms with van der Waals surface area (Å²) in [5.41, 5.74) is 0. The van der Waals surface area contributed by atoms with E-state index >= 15 is 0 Å². The van der Waals surface area contributed by atoms with Gasteiger partial charge in [0.2, 0.25) is 0 Å². The summed E-state index contributed by atoms with van der Waals surface area (Å²) in [5.74, 6) is 0.232. The van der Waals surface area contributed by atoms with Gasteiger partial charge in [-0.1, -0.05) is 0 Å². The van der Waals surface area contributed by atoms with E-state index in [-0.39, 0.29) is 5.75 Å². The van der Waals surface area contributed by atoms with Gasteiger partial charge in [0.1, 0.15) is 9.84 Å². The molecule has 0 aromatic carbocycles. The van der Waals surface area contributed by atoms with Crippen molar-refractivity contribution < 1.29 is 8.42 Å². The van der Waals surface area contributed by atoms with Crippen molar-refractivity contribution in [3.05, 3.63) is 0 Å². The molecular weight excluding hydrogens is 250 g/mol. The van der Waals surface area contributed by atoms with Crippen LogP contribution in [0.5, 0.6) is 0 Å². The molecule has 0 aromatic heterocycles. The molecule has 6 heteroatoms. The first-order chi connectivity index (χ1) is 8.38. The normalized spacial score (nSPS) is 19.6. The molecule has 0 aromatic rings. The summed E-state index contributed by atoms with van der Waals surface area (Å²) in [6, 6.07) is 0.722. The maximum absolute atomic E-state index is 10.9. The van der Waals surface area contributed by atoms with Gasteiger partial charge in [0.15, 0.2) is 0 Å². The van der Waals surface area contributed by atoms with Gasteiger partial charge >= 0.3 is 0 Å². The number of piperidine rings is 1. The van der Waals surface area contributed by atoms with Crippen molar-refractivity contribution in [2.24, 2.45) is 0 Å². The number of sulfone groups is 1. The number of likely N-dealkylation sites (tertiary alicyclic amines) is 1. The molecule has 0 radical (unpaired) electrons. The van der Waals surface area contributed by atoms with E-state index in [9.17, 15) is 8.42 Å². The molecule has 1 saturated heterocycles. The second-order valence-corrected chi connectivity index (χ2v) is 7.68. The largest absolute Gasteiger partial charge is 0.314 e. The molecule has 0 saturated carbocycles. The van der Waals surface area contributed by atoms with Crippen LogP contribution in [0.15, 0.2) is 0 Å². The molecule has 0 atom stereocenters. The van der Waals surface area contributed by atoms with Crippen molar-refractivity contribution in [1.82, 2.24) is 15.1 Å². The van der Waals surface area contributed by atoms with Gasteiger partial charge in [-0.2, -0.15) is 0 Å². The van der Waals surface area contributed by atoms with Gasteiger partial charge in [0, 0.05) is 31.9 Å². The average molecular weight is 277 g/mol. The van der Waals surface area contributed by atoms with Crippen LogP contribution >= 0.6 is 0 Å². The van der Waals surface area contributed by atoms with E-state index < -0.39 is 9.84 Å². The highest BCUT2D eigenvalue weighted by molar-refractivity contribution is 7.90. The van der Waals surface area contributed by atoms with Crippen molar-refractivity contribution in [3.8, 4) is 0 Å². The highest BCUT2D eigenvalue weighted by Crippen LogP contribution is 2.13. The van der Waals surface area contributed by atoms with Crippen LogP contribution in [0.3, 0.4) is 0 Å². The van der Waals surface area contributed by atoms with Crippen molar-refractivity contribution in [2.75, 3.05) is 58.8 Å². The van der Waals surface area contributed by atoms with Gasteiger partial charge in [-0.25, -0.2) is 8.42 Å². The van der Waals surface area contributed by atoms with Crippen molar-refractivity contribution in [2.45, 2.75) is 18.9 Å². The lowest BCUT2D eigenvalue weighted by Gasteiger charge is -2.35. The molecule has 0 bridgehead atoms. The Hall–Kier alpha value is -0.170. The standard InChI is InChI=1S/C12H27N3O2S/c1-14(2)12-4-8-15(9-5-12)10-6-13-7-11-18(3,16)17/h12-13H,4-11H2,1-3H3. The molecule has 1 fully saturated rings. The van der Waals surface area contributed by atoms with Crippen molar-refractivity contribution >= 4 is 9.84 Å². The van der Waals surface area contributed by atoms with Crippen LogP contribution in [-0.4, -0.2) is 83.1 Å². The molecule has 0 spiro atoms. The summed E-state index contributed by atoms with van der Waals surface area (Å²) in [6.45, 7) is 4.76. The molecule has 1 aliphatic heterocycles. The summed E-state index contributed by atoms with van der Waals surface area (Å²) < 4.78 is 21.9. The lowest BCUT2D eigenvalue weighted by atomic mass is 10.0. The molecule has 108 valence electrons. The Bertz CT molecular complexity index is 322. The molecule has 0 unspecified atom stereocenters. The smallest absolute Gasteiger partial charge is 0.148 e. The third-order valence-electron chi connectivity index (χ3n) is 3.54. The third-order valence-corrected chi connectivity index (χ3v) is 4.49. The van der Waals surface area contributed by atoms with Crippen LogP contribution in [0.1, 0.15) is 12.8 Å². The highest BCUT2D eigenvalue weighted by atomic mass is 32.2. The van der Waals surface area contributed by atoms with E-state index in [0.717, 1.165) is 32.2 Å².